The van der Waals surface area contributed by atoms with Crippen LogP contribution in [-0.2, 0) is 4.79 Å². The van der Waals surface area contributed by atoms with Crippen molar-refractivity contribution in [2.24, 2.45) is 34.8 Å². The molecule has 1 atom stereocenters. The maximum atomic E-state index is 11.4. The molecular weight excluding hydrogens is 200 g/mol. The fraction of sp³-hybridized carbons (Fsp3) is 0.846. The zero-order valence-electron chi connectivity index (χ0n) is 9.48. The first-order valence-electron chi connectivity index (χ1n) is 6.32. The van der Waals surface area contributed by atoms with Gasteiger partial charge in [0.05, 0.1) is 6.07 Å². The summed E-state index contributed by atoms with van der Waals surface area (Å²) in [7, 11) is 0. The van der Waals surface area contributed by atoms with Crippen LogP contribution in [0.1, 0.15) is 38.5 Å². The molecule has 3 nitrogen and oxygen atoms in total. The SMILES string of the molecule is N#CC(C(N)=O)C12CC3CC(CC(C3)C1)C2. The Kier molecular flexibility index (Phi) is 2.04. The van der Waals surface area contributed by atoms with Crippen LogP contribution in [0.2, 0.25) is 0 Å². The van der Waals surface area contributed by atoms with Crippen LogP contribution >= 0.6 is 0 Å². The molecule has 0 radical (unpaired) electrons. The van der Waals surface area contributed by atoms with E-state index in [1.165, 1.54) is 19.3 Å². The second-order valence-corrected chi connectivity index (χ2v) is 6.24. The van der Waals surface area contributed by atoms with Crippen LogP contribution in [0, 0.1) is 40.4 Å². The summed E-state index contributed by atoms with van der Waals surface area (Å²) >= 11 is 0. The lowest BCUT2D eigenvalue weighted by Gasteiger charge is -2.57. The van der Waals surface area contributed by atoms with Gasteiger partial charge in [0, 0.05) is 0 Å². The van der Waals surface area contributed by atoms with Gasteiger partial charge in [0.2, 0.25) is 5.91 Å². The molecule has 0 heterocycles. The average Bonchev–Trinajstić information content (AvgIpc) is 2.14. The molecule has 0 aromatic carbocycles. The highest BCUT2D eigenvalue weighted by Gasteiger charge is 2.55. The number of carbonyl (C=O) groups is 1. The highest BCUT2D eigenvalue weighted by molar-refractivity contribution is 5.80. The Hall–Kier alpha value is -1.04. The van der Waals surface area contributed by atoms with Crippen LogP contribution < -0.4 is 5.73 Å². The second kappa shape index (κ2) is 3.23. The van der Waals surface area contributed by atoms with Gasteiger partial charge in [-0.15, -0.1) is 0 Å². The Morgan fingerprint density at radius 1 is 1.19 bits per heavy atom. The topological polar surface area (TPSA) is 66.9 Å². The Balaban J connectivity index is 1.93. The first kappa shape index (κ1) is 10.1. The fourth-order valence-electron chi connectivity index (χ4n) is 5.03. The number of nitrogens with zero attached hydrogens (tertiary/aromatic N) is 1. The van der Waals surface area contributed by atoms with Crippen molar-refractivity contribution in [2.75, 3.05) is 0 Å². The molecule has 4 rings (SSSR count). The number of hydrogen-bond donors (Lipinski definition) is 1. The van der Waals surface area contributed by atoms with Gasteiger partial charge in [-0.05, 0) is 61.7 Å². The summed E-state index contributed by atoms with van der Waals surface area (Å²) < 4.78 is 0. The standard InChI is InChI=1S/C13H18N2O/c14-7-11(12(15)16)13-4-8-1-9(5-13)3-10(2-8)6-13/h8-11H,1-6H2,(H2,15,16). The number of primary amides is 1. The highest BCUT2D eigenvalue weighted by atomic mass is 16.1. The number of nitriles is 1. The second-order valence-electron chi connectivity index (χ2n) is 6.24. The molecular formula is C13H18N2O. The largest absolute Gasteiger partial charge is 0.369 e. The van der Waals surface area contributed by atoms with Gasteiger partial charge in [-0.1, -0.05) is 0 Å². The lowest BCUT2D eigenvalue weighted by Crippen LogP contribution is -2.52. The van der Waals surface area contributed by atoms with Crippen LogP contribution in [0.25, 0.3) is 0 Å². The molecule has 4 aliphatic carbocycles. The lowest BCUT2D eigenvalue weighted by atomic mass is 9.46. The van der Waals surface area contributed by atoms with Crippen LogP contribution in [0.5, 0.6) is 0 Å². The summed E-state index contributed by atoms with van der Waals surface area (Å²) in [5.74, 6) is 1.36. The number of carbonyl (C=O) groups excluding carboxylic acids is 1. The van der Waals surface area contributed by atoms with Crippen molar-refractivity contribution in [3.05, 3.63) is 0 Å². The maximum absolute atomic E-state index is 11.4. The molecule has 0 saturated heterocycles. The molecule has 1 unspecified atom stereocenters. The van der Waals surface area contributed by atoms with Crippen molar-refractivity contribution < 1.29 is 4.79 Å². The molecule has 0 aromatic rings. The molecule has 0 aliphatic heterocycles. The average molecular weight is 218 g/mol. The summed E-state index contributed by atoms with van der Waals surface area (Å²) in [5.41, 5.74) is 5.36. The maximum Gasteiger partial charge on any atom is 0.235 e. The van der Waals surface area contributed by atoms with Crippen molar-refractivity contribution in [3.8, 4) is 6.07 Å². The van der Waals surface area contributed by atoms with Crippen molar-refractivity contribution in [1.82, 2.24) is 0 Å². The van der Waals surface area contributed by atoms with Crippen molar-refractivity contribution in [3.63, 3.8) is 0 Å². The molecule has 4 fully saturated rings. The molecule has 86 valence electrons. The monoisotopic (exact) mass is 218 g/mol. The zero-order valence-corrected chi connectivity index (χ0v) is 9.48. The highest BCUT2D eigenvalue weighted by Crippen LogP contribution is 2.62. The van der Waals surface area contributed by atoms with Gasteiger partial charge in [-0.2, -0.15) is 5.26 Å². The minimum absolute atomic E-state index is 0.0463. The summed E-state index contributed by atoms with van der Waals surface area (Å²) in [6, 6.07) is 2.18. The molecule has 3 heteroatoms. The first-order valence-corrected chi connectivity index (χ1v) is 6.32. The van der Waals surface area contributed by atoms with Gasteiger partial charge in [0.15, 0.2) is 0 Å². The quantitative estimate of drug-likeness (QED) is 0.768. The summed E-state index contributed by atoms with van der Waals surface area (Å²) in [6.45, 7) is 0. The van der Waals surface area contributed by atoms with Gasteiger partial charge >= 0.3 is 0 Å². The zero-order chi connectivity index (χ0) is 11.3. The molecule has 0 spiro atoms. The van der Waals surface area contributed by atoms with E-state index in [1.807, 2.05) is 0 Å². The van der Waals surface area contributed by atoms with Crippen LogP contribution in [0.4, 0.5) is 0 Å². The molecule has 4 bridgehead atoms. The lowest BCUT2D eigenvalue weighted by molar-refractivity contribution is -0.132. The Morgan fingerprint density at radius 2 is 1.62 bits per heavy atom. The van der Waals surface area contributed by atoms with Crippen LogP contribution in [0.3, 0.4) is 0 Å². The fourth-order valence-corrected chi connectivity index (χ4v) is 5.03. The van der Waals surface area contributed by atoms with E-state index in [2.05, 4.69) is 6.07 Å². The van der Waals surface area contributed by atoms with E-state index in [9.17, 15) is 10.1 Å². The smallest absolute Gasteiger partial charge is 0.235 e. The van der Waals surface area contributed by atoms with Gasteiger partial charge in [0.1, 0.15) is 5.92 Å². The van der Waals surface area contributed by atoms with E-state index < -0.39 is 11.8 Å². The molecule has 0 aromatic heterocycles. The van der Waals surface area contributed by atoms with E-state index >= 15 is 0 Å². The third kappa shape index (κ3) is 1.29. The van der Waals surface area contributed by atoms with Crippen molar-refractivity contribution in [1.29, 1.82) is 5.26 Å². The molecule has 2 N–H and O–H groups in total. The van der Waals surface area contributed by atoms with E-state index in [-0.39, 0.29) is 5.41 Å². The van der Waals surface area contributed by atoms with E-state index in [4.69, 9.17) is 5.73 Å². The van der Waals surface area contributed by atoms with Gasteiger partial charge in [-0.25, -0.2) is 0 Å². The first-order chi connectivity index (χ1) is 7.63. The van der Waals surface area contributed by atoms with E-state index in [0.29, 0.717) is 0 Å². The van der Waals surface area contributed by atoms with E-state index in [1.54, 1.807) is 0 Å². The predicted octanol–water partition coefficient (Wildman–Crippen LogP) is 1.83. The van der Waals surface area contributed by atoms with Crippen LogP contribution in [0.15, 0.2) is 0 Å². The molecule has 16 heavy (non-hydrogen) atoms. The molecule has 1 amide bonds. The summed E-state index contributed by atoms with van der Waals surface area (Å²) in [5, 5.41) is 9.21. The predicted molar refractivity (Wildman–Crippen MR) is 58.9 cm³/mol. The Morgan fingerprint density at radius 3 is 1.94 bits per heavy atom. The summed E-state index contributed by atoms with van der Waals surface area (Å²) in [4.78, 5) is 11.4. The van der Waals surface area contributed by atoms with Crippen molar-refractivity contribution in [2.45, 2.75) is 38.5 Å². The third-order valence-corrected chi connectivity index (χ3v) is 5.11. The van der Waals surface area contributed by atoms with Gasteiger partial charge in [-0.3, -0.25) is 4.79 Å². The molecule has 4 aliphatic rings. The third-order valence-electron chi connectivity index (χ3n) is 5.11. The van der Waals surface area contributed by atoms with Gasteiger partial charge in [0.25, 0.3) is 0 Å². The number of nitrogens with two attached hydrogens (primary N) is 1. The normalized spacial score (nSPS) is 46.3. The van der Waals surface area contributed by atoms with Gasteiger partial charge < -0.3 is 5.73 Å². The Labute approximate surface area is 96.0 Å². The molecule has 4 saturated carbocycles. The number of amides is 1. The van der Waals surface area contributed by atoms with Crippen molar-refractivity contribution >= 4 is 5.91 Å². The van der Waals surface area contributed by atoms with E-state index in [0.717, 1.165) is 37.0 Å². The summed E-state index contributed by atoms with van der Waals surface area (Å²) in [6.07, 6.45) is 7.20. The number of hydrogen-bond acceptors (Lipinski definition) is 2. The minimum Gasteiger partial charge on any atom is -0.369 e. The number of rotatable bonds is 2. The van der Waals surface area contributed by atoms with Crippen LogP contribution in [-0.4, -0.2) is 5.91 Å². The Bertz CT molecular complexity index is 333. The minimum atomic E-state index is -0.541.